The summed E-state index contributed by atoms with van der Waals surface area (Å²) in [5.41, 5.74) is 0.361. The molecule has 8 heteroatoms. The zero-order chi connectivity index (χ0) is 17.7. The van der Waals surface area contributed by atoms with Crippen molar-refractivity contribution in [3.63, 3.8) is 0 Å². The molecule has 124 valence electrons. The van der Waals surface area contributed by atoms with Gasteiger partial charge in [-0.1, -0.05) is 30.4 Å². The van der Waals surface area contributed by atoms with Gasteiger partial charge < -0.3 is 10.4 Å². The number of nitriles is 1. The van der Waals surface area contributed by atoms with Crippen molar-refractivity contribution < 1.29 is 19.1 Å². The summed E-state index contributed by atoms with van der Waals surface area (Å²) in [6.07, 6.45) is -0.0992. The number of halogens is 1. The van der Waals surface area contributed by atoms with Crippen LogP contribution >= 0.6 is 11.3 Å². The van der Waals surface area contributed by atoms with Crippen molar-refractivity contribution in [1.29, 1.82) is 5.26 Å². The summed E-state index contributed by atoms with van der Waals surface area (Å²) in [7, 11) is 0. The van der Waals surface area contributed by atoms with Crippen LogP contribution in [0.3, 0.4) is 0 Å². The van der Waals surface area contributed by atoms with Crippen molar-refractivity contribution in [2.24, 2.45) is 5.92 Å². The van der Waals surface area contributed by atoms with Gasteiger partial charge in [-0.15, -0.1) is 0 Å². The molecule has 1 amide bonds. The average Bonchev–Trinajstić information content (AvgIpc) is 2.89. The zero-order valence-electron chi connectivity index (χ0n) is 12.7. The van der Waals surface area contributed by atoms with Crippen LogP contribution in [0, 0.1) is 23.1 Å². The smallest absolute Gasteiger partial charge is 0.303 e. The number of carbonyl (C=O) groups is 2. The van der Waals surface area contributed by atoms with E-state index >= 15 is 0 Å². The van der Waals surface area contributed by atoms with Crippen molar-refractivity contribution in [2.45, 2.75) is 19.8 Å². The third-order valence-corrected chi connectivity index (χ3v) is 4.04. The molecule has 1 atom stereocenters. The Bertz CT molecular complexity index is 813. The van der Waals surface area contributed by atoms with Gasteiger partial charge >= 0.3 is 5.97 Å². The number of thiazole rings is 1. The van der Waals surface area contributed by atoms with Gasteiger partial charge in [0.15, 0.2) is 5.13 Å². The number of aromatic nitrogens is 1. The topological polar surface area (TPSA) is 103 Å². The van der Waals surface area contributed by atoms with Crippen molar-refractivity contribution in [2.75, 3.05) is 5.32 Å². The highest BCUT2D eigenvalue weighted by Gasteiger charge is 2.18. The minimum Gasteiger partial charge on any atom is -0.481 e. The molecule has 2 N–H and O–H groups in total. The molecule has 1 aromatic heterocycles. The number of carboxylic acids is 1. The molecule has 0 saturated carbocycles. The van der Waals surface area contributed by atoms with E-state index in [1.165, 1.54) is 18.2 Å². The number of carboxylic acid groups (broad SMARTS) is 1. The van der Waals surface area contributed by atoms with Gasteiger partial charge in [-0.25, -0.2) is 9.37 Å². The molecule has 0 spiro atoms. The van der Waals surface area contributed by atoms with Crippen LogP contribution in [0.5, 0.6) is 0 Å². The van der Waals surface area contributed by atoms with Crippen LogP contribution < -0.4 is 5.32 Å². The van der Waals surface area contributed by atoms with Gasteiger partial charge in [0.2, 0.25) is 5.91 Å². The highest BCUT2D eigenvalue weighted by atomic mass is 32.1. The molecule has 0 saturated heterocycles. The van der Waals surface area contributed by atoms with E-state index in [9.17, 15) is 19.2 Å². The number of rotatable bonds is 6. The third-order valence-electron chi connectivity index (χ3n) is 3.16. The second-order valence-corrected chi connectivity index (χ2v) is 6.24. The molecule has 1 heterocycles. The van der Waals surface area contributed by atoms with Gasteiger partial charge in [-0.05, 0) is 18.1 Å². The normalized spacial score (nSPS) is 11.5. The Morgan fingerprint density at radius 1 is 1.42 bits per heavy atom. The second kappa shape index (κ2) is 7.66. The van der Waals surface area contributed by atoms with Gasteiger partial charge in [0.1, 0.15) is 22.5 Å². The zero-order valence-corrected chi connectivity index (χ0v) is 13.6. The van der Waals surface area contributed by atoms with Gasteiger partial charge in [0.05, 0.1) is 0 Å². The molecule has 6 nitrogen and oxygen atoms in total. The van der Waals surface area contributed by atoms with E-state index in [1.807, 2.05) is 6.07 Å². The van der Waals surface area contributed by atoms with Crippen LogP contribution in [0.25, 0.3) is 11.3 Å². The van der Waals surface area contributed by atoms with Gasteiger partial charge in [0.25, 0.3) is 0 Å². The molecule has 0 aliphatic carbocycles. The van der Waals surface area contributed by atoms with Crippen LogP contribution in [0.15, 0.2) is 24.3 Å². The first-order valence-electron chi connectivity index (χ1n) is 7.08. The highest BCUT2D eigenvalue weighted by molar-refractivity contribution is 7.16. The number of nitrogens with zero attached hydrogens (tertiary/aromatic N) is 2. The number of carbonyl (C=O) groups excluding carboxylic acids is 1. The fourth-order valence-corrected chi connectivity index (χ4v) is 2.94. The van der Waals surface area contributed by atoms with E-state index in [0.717, 1.165) is 11.3 Å². The third kappa shape index (κ3) is 4.36. The Kier molecular flexibility index (Phi) is 5.60. The van der Waals surface area contributed by atoms with E-state index in [-0.39, 0.29) is 40.0 Å². The Morgan fingerprint density at radius 3 is 2.75 bits per heavy atom. The van der Waals surface area contributed by atoms with Crippen molar-refractivity contribution in [3.8, 4) is 17.3 Å². The summed E-state index contributed by atoms with van der Waals surface area (Å²) < 4.78 is 13.9. The molecule has 0 radical (unpaired) electrons. The number of nitrogens with one attached hydrogen (secondary N) is 1. The monoisotopic (exact) mass is 347 g/mol. The number of anilines is 1. The molecule has 2 rings (SSSR count). The summed E-state index contributed by atoms with van der Waals surface area (Å²) in [4.78, 5) is 26.9. The first kappa shape index (κ1) is 17.6. The fraction of sp³-hybridized carbons (Fsp3) is 0.250. The largest absolute Gasteiger partial charge is 0.481 e. The summed E-state index contributed by atoms with van der Waals surface area (Å²) >= 11 is 0.945. The Hall–Kier alpha value is -2.79. The van der Waals surface area contributed by atoms with Crippen LogP contribution in [0.1, 0.15) is 24.6 Å². The molecule has 0 aliphatic heterocycles. The first-order valence-corrected chi connectivity index (χ1v) is 7.89. The molecule has 0 fully saturated rings. The molecule has 0 bridgehead atoms. The van der Waals surface area contributed by atoms with Crippen LogP contribution in [-0.4, -0.2) is 22.0 Å². The lowest BCUT2D eigenvalue weighted by Crippen LogP contribution is -2.16. The Labute approximate surface area is 141 Å². The maximum Gasteiger partial charge on any atom is 0.303 e. The predicted molar refractivity (Wildman–Crippen MR) is 86.9 cm³/mol. The Morgan fingerprint density at radius 2 is 2.12 bits per heavy atom. The number of aliphatic carboxylic acids is 1. The fourth-order valence-electron chi connectivity index (χ4n) is 2.14. The minimum absolute atomic E-state index is 0.0167. The standard InChI is InChI=1S/C16H14FN3O3S/c1-9(7-14(22)23)6-13(21)19-16-20-15(12(8-18)24-16)10-4-2-3-5-11(10)17/h2-5,9H,6-7H2,1H3,(H,22,23)(H,19,20,21). The maximum atomic E-state index is 13.9. The number of benzene rings is 1. The maximum absolute atomic E-state index is 13.9. The molecule has 2 aromatic rings. The summed E-state index contributed by atoms with van der Waals surface area (Å²) in [6.45, 7) is 1.65. The van der Waals surface area contributed by atoms with Crippen molar-refractivity contribution in [1.82, 2.24) is 4.98 Å². The van der Waals surface area contributed by atoms with E-state index < -0.39 is 17.7 Å². The highest BCUT2D eigenvalue weighted by Crippen LogP contribution is 2.32. The molecule has 1 unspecified atom stereocenters. The number of hydrogen-bond donors (Lipinski definition) is 2. The minimum atomic E-state index is -0.974. The predicted octanol–water partition coefficient (Wildman–Crippen LogP) is 3.26. The molecule has 1 aromatic carbocycles. The van der Waals surface area contributed by atoms with Gasteiger partial charge in [0, 0.05) is 18.4 Å². The van der Waals surface area contributed by atoms with E-state index in [0.29, 0.717) is 0 Å². The van der Waals surface area contributed by atoms with E-state index in [1.54, 1.807) is 13.0 Å². The van der Waals surface area contributed by atoms with Crippen LogP contribution in [0.2, 0.25) is 0 Å². The quantitative estimate of drug-likeness (QED) is 0.835. The SMILES string of the molecule is CC(CC(=O)O)CC(=O)Nc1nc(-c2ccccc2F)c(C#N)s1. The van der Waals surface area contributed by atoms with E-state index in [4.69, 9.17) is 5.11 Å². The summed E-state index contributed by atoms with van der Waals surface area (Å²) in [5.74, 6) is -2.21. The lowest BCUT2D eigenvalue weighted by Gasteiger charge is -2.07. The first-order chi connectivity index (χ1) is 11.4. The summed E-state index contributed by atoms with van der Waals surface area (Å²) in [6, 6.07) is 7.87. The lowest BCUT2D eigenvalue weighted by molar-refractivity contribution is -0.138. The number of amides is 1. The second-order valence-electron chi connectivity index (χ2n) is 5.24. The molecular weight excluding hydrogens is 333 g/mol. The van der Waals surface area contributed by atoms with Crippen LogP contribution in [-0.2, 0) is 9.59 Å². The van der Waals surface area contributed by atoms with Crippen molar-refractivity contribution >= 4 is 28.3 Å². The van der Waals surface area contributed by atoms with Crippen LogP contribution in [0.4, 0.5) is 9.52 Å². The molecular formula is C16H14FN3O3S. The van der Waals surface area contributed by atoms with Gasteiger partial charge in [-0.2, -0.15) is 5.26 Å². The van der Waals surface area contributed by atoms with Gasteiger partial charge in [-0.3, -0.25) is 9.59 Å². The average molecular weight is 347 g/mol. The van der Waals surface area contributed by atoms with E-state index in [2.05, 4.69) is 10.3 Å². The Balaban J connectivity index is 2.16. The number of hydrogen-bond acceptors (Lipinski definition) is 5. The molecule has 24 heavy (non-hydrogen) atoms. The lowest BCUT2D eigenvalue weighted by atomic mass is 10.0. The molecule has 0 aliphatic rings. The van der Waals surface area contributed by atoms with Crippen molar-refractivity contribution in [3.05, 3.63) is 35.0 Å². The summed E-state index contributed by atoms with van der Waals surface area (Å²) in [5, 5.41) is 20.6.